The molecule has 2 aliphatic heterocycles. The fraction of sp³-hybridized carbons (Fsp3) is 0.429. The van der Waals surface area contributed by atoms with Crippen molar-refractivity contribution in [2.75, 3.05) is 36.0 Å². The molecule has 0 atom stereocenters. The molecule has 0 amide bonds. The molecule has 2 saturated heterocycles. The monoisotopic (exact) mass is 517 g/mol. The quantitative estimate of drug-likeness (QED) is 0.281. The van der Waals surface area contributed by atoms with E-state index in [1.54, 1.807) is 10.5 Å². The van der Waals surface area contributed by atoms with Crippen LogP contribution in [0.15, 0.2) is 29.1 Å². The van der Waals surface area contributed by atoms with Gasteiger partial charge in [0.1, 0.15) is 5.69 Å². The molecule has 0 bridgehead atoms. The molecule has 192 valence electrons. The number of nitro groups is 1. The van der Waals surface area contributed by atoms with Crippen LogP contribution in [-0.4, -0.2) is 40.5 Å². The third-order valence-electron chi connectivity index (χ3n) is 7.85. The lowest BCUT2D eigenvalue weighted by Crippen LogP contribution is -2.32. The summed E-state index contributed by atoms with van der Waals surface area (Å²) in [4.78, 5) is 35.3. The predicted molar refractivity (Wildman–Crippen MR) is 150 cm³/mol. The van der Waals surface area contributed by atoms with E-state index in [1.807, 2.05) is 38.1 Å². The third-order valence-corrected chi connectivity index (χ3v) is 8.82. The number of aromatic nitrogens is 2. The first kappa shape index (κ1) is 23.9. The van der Waals surface area contributed by atoms with Gasteiger partial charge in [-0.05, 0) is 87.8 Å². The minimum Gasteiger partial charge on any atom is -0.371 e. The molecule has 2 aromatic carbocycles. The molecule has 6 rings (SSSR count). The highest BCUT2D eigenvalue weighted by Crippen LogP contribution is 2.38. The van der Waals surface area contributed by atoms with Crippen molar-refractivity contribution in [2.45, 2.75) is 52.4 Å². The van der Waals surface area contributed by atoms with Crippen LogP contribution in [0.3, 0.4) is 0 Å². The molecule has 8 nitrogen and oxygen atoms in total. The molecule has 2 fully saturated rings. The highest BCUT2D eigenvalue weighted by molar-refractivity contribution is 7.15. The van der Waals surface area contributed by atoms with Crippen LogP contribution in [0.2, 0.25) is 0 Å². The summed E-state index contributed by atoms with van der Waals surface area (Å²) in [5.41, 5.74) is 6.27. The van der Waals surface area contributed by atoms with Crippen molar-refractivity contribution < 1.29 is 4.92 Å². The molecule has 9 heteroatoms. The minimum atomic E-state index is -0.279. The number of nitrogens with zero attached hydrogens (tertiary/aromatic N) is 5. The number of hydrogen-bond acceptors (Lipinski definition) is 7. The molecule has 4 aromatic rings. The second-order valence-corrected chi connectivity index (χ2v) is 11.3. The standard InChI is InChI=1S/C28H31N5O3S/c1-18-13-21-23(14-19(18)2)32-27(34)26(37-28(32)29-21)16-20-15-25(33(35)36)24(31-11-7-4-8-12-31)17-22(20)30-9-5-3-6-10-30/h13-17H,3-12H2,1-2H3/b26-16+. The van der Waals surface area contributed by atoms with Crippen molar-refractivity contribution >= 4 is 50.5 Å². The number of nitro benzene ring substituents is 1. The van der Waals surface area contributed by atoms with Gasteiger partial charge in [0.25, 0.3) is 11.2 Å². The summed E-state index contributed by atoms with van der Waals surface area (Å²) in [7, 11) is 0. The number of hydrogen-bond donors (Lipinski definition) is 0. The molecule has 0 aliphatic carbocycles. The van der Waals surface area contributed by atoms with E-state index >= 15 is 0 Å². The summed E-state index contributed by atoms with van der Waals surface area (Å²) in [6, 6.07) is 7.72. The van der Waals surface area contributed by atoms with Gasteiger partial charge in [0.2, 0.25) is 0 Å². The summed E-state index contributed by atoms with van der Waals surface area (Å²) < 4.78 is 2.22. The number of aryl methyl sites for hydroxylation is 2. The lowest BCUT2D eigenvalue weighted by Gasteiger charge is -2.33. The largest absolute Gasteiger partial charge is 0.371 e. The summed E-state index contributed by atoms with van der Waals surface area (Å²) in [6.07, 6.45) is 8.48. The van der Waals surface area contributed by atoms with E-state index in [0.29, 0.717) is 15.2 Å². The summed E-state index contributed by atoms with van der Waals surface area (Å²) in [5, 5.41) is 12.2. The Hall–Kier alpha value is -3.46. The molecule has 0 spiro atoms. The number of rotatable bonds is 4. The van der Waals surface area contributed by atoms with Crippen molar-refractivity contribution in [3.8, 4) is 0 Å². The van der Waals surface area contributed by atoms with Crippen molar-refractivity contribution in [3.05, 3.63) is 66.0 Å². The van der Waals surface area contributed by atoms with Crippen molar-refractivity contribution in [1.82, 2.24) is 9.38 Å². The van der Waals surface area contributed by atoms with Crippen molar-refractivity contribution in [1.29, 1.82) is 0 Å². The van der Waals surface area contributed by atoms with Crippen molar-refractivity contribution in [2.24, 2.45) is 0 Å². The van der Waals surface area contributed by atoms with Gasteiger partial charge in [-0.15, -0.1) is 0 Å². The zero-order valence-electron chi connectivity index (χ0n) is 21.3. The maximum atomic E-state index is 13.6. The summed E-state index contributed by atoms with van der Waals surface area (Å²) in [6.45, 7) is 7.58. The van der Waals surface area contributed by atoms with E-state index in [0.717, 1.165) is 91.7 Å². The highest BCUT2D eigenvalue weighted by atomic mass is 32.1. The van der Waals surface area contributed by atoms with E-state index in [-0.39, 0.29) is 16.2 Å². The van der Waals surface area contributed by atoms with E-state index in [2.05, 4.69) is 9.80 Å². The Balaban J connectivity index is 1.55. The van der Waals surface area contributed by atoms with Gasteiger partial charge in [-0.3, -0.25) is 14.9 Å². The van der Waals surface area contributed by atoms with E-state index in [9.17, 15) is 14.9 Å². The second-order valence-electron chi connectivity index (χ2n) is 10.3. The molecular weight excluding hydrogens is 486 g/mol. The number of fused-ring (bicyclic) bond motifs is 3. The first-order chi connectivity index (χ1) is 17.9. The Kier molecular flexibility index (Phi) is 6.10. The summed E-state index contributed by atoms with van der Waals surface area (Å²) >= 11 is 1.34. The van der Waals surface area contributed by atoms with Crippen LogP contribution in [-0.2, 0) is 0 Å². The molecule has 0 N–H and O–H groups in total. The highest BCUT2D eigenvalue weighted by Gasteiger charge is 2.26. The first-order valence-corrected chi connectivity index (χ1v) is 14.0. The Bertz CT molecular complexity index is 1630. The van der Waals surface area contributed by atoms with Crippen LogP contribution >= 0.6 is 11.3 Å². The third kappa shape index (κ3) is 4.25. The van der Waals surface area contributed by atoms with E-state index in [1.165, 1.54) is 17.8 Å². The second kappa shape index (κ2) is 9.45. The number of anilines is 2. The van der Waals surface area contributed by atoms with Gasteiger partial charge >= 0.3 is 0 Å². The summed E-state index contributed by atoms with van der Waals surface area (Å²) in [5.74, 6) is 0. The molecule has 2 aliphatic rings. The topological polar surface area (TPSA) is 84.0 Å². The van der Waals surface area contributed by atoms with Gasteiger partial charge in [-0.1, -0.05) is 11.3 Å². The Morgan fingerprint density at radius 1 is 0.892 bits per heavy atom. The maximum absolute atomic E-state index is 13.6. The maximum Gasteiger partial charge on any atom is 0.293 e. The normalized spacial score (nSPS) is 17.3. The van der Waals surface area contributed by atoms with Crippen LogP contribution in [0, 0.1) is 24.0 Å². The number of benzene rings is 2. The van der Waals surface area contributed by atoms with Gasteiger partial charge in [0.15, 0.2) is 4.96 Å². The average molecular weight is 518 g/mol. The van der Waals surface area contributed by atoms with E-state index < -0.39 is 0 Å². The molecule has 0 radical (unpaired) electrons. The Morgan fingerprint density at radius 2 is 1.51 bits per heavy atom. The number of thiazole rings is 1. The Morgan fingerprint density at radius 3 is 2.16 bits per heavy atom. The molecule has 4 heterocycles. The SMILES string of the molecule is Cc1cc2nc3s/c(=C/c4cc([N+](=O)[O-])c(N5CCCCC5)cc4N4CCCCC4)c(=O)n3c2cc1C. The van der Waals surface area contributed by atoms with Crippen LogP contribution in [0.4, 0.5) is 17.1 Å². The molecule has 37 heavy (non-hydrogen) atoms. The fourth-order valence-electron chi connectivity index (χ4n) is 5.70. The molecule has 0 unspecified atom stereocenters. The molecule has 2 aromatic heterocycles. The molecule has 0 saturated carbocycles. The van der Waals surface area contributed by atoms with Crippen molar-refractivity contribution in [3.63, 3.8) is 0 Å². The van der Waals surface area contributed by atoms with Crippen LogP contribution in [0.25, 0.3) is 22.1 Å². The average Bonchev–Trinajstić information content (AvgIpc) is 3.40. The zero-order chi connectivity index (χ0) is 25.7. The van der Waals surface area contributed by atoms with Gasteiger partial charge in [-0.2, -0.15) is 0 Å². The van der Waals surface area contributed by atoms with Crippen LogP contribution < -0.4 is 19.9 Å². The van der Waals surface area contributed by atoms with Crippen LogP contribution in [0.5, 0.6) is 0 Å². The van der Waals surface area contributed by atoms with Gasteiger partial charge in [0.05, 0.1) is 20.5 Å². The van der Waals surface area contributed by atoms with Gasteiger partial charge in [0, 0.05) is 43.5 Å². The smallest absolute Gasteiger partial charge is 0.293 e. The zero-order valence-corrected chi connectivity index (χ0v) is 22.1. The predicted octanol–water partition coefficient (Wildman–Crippen LogP) is 4.96. The van der Waals surface area contributed by atoms with Gasteiger partial charge in [-0.25, -0.2) is 9.38 Å². The first-order valence-electron chi connectivity index (χ1n) is 13.2. The molecular formula is C28H31N5O3S. The fourth-order valence-corrected chi connectivity index (χ4v) is 6.68. The van der Waals surface area contributed by atoms with E-state index in [4.69, 9.17) is 4.98 Å². The van der Waals surface area contributed by atoms with Gasteiger partial charge < -0.3 is 9.80 Å². The lowest BCUT2D eigenvalue weighted by molar-refractivity contribution is -0.384. The number of piperidine rings is 2. The lowest BCUT2D eigenvalue weighted by atomic mass is 10.0. The Labute approximate surface area is 219 Å². The number of imidazole rings is 1. The van der Waals surface area contributed by atoms with Crippen LogP contribution in [0.1, 0.15) is 55.2 Å². The minimum absolute atomic E-state index is 0.110.